The van der Waals surface area contributed by atoms with E-state index in [0.717, 1.165) is 18.4 Å². The van der Waals surface area contributed by atoms with Crippen molar-refractivity contribution in [3.05, 3.63) is 0 Å². The minimum Gasteiger partial charge on any atom is -0.377 e. The highest BCUT2D eigenvalue weighted by molar-refractivity contribution is 4.86. The van der Waals surface area contributed by atoms with Crippen molar-refractivity contribution in [2.45, 2.75) is 71.1 Å². The van der Waals surface area contributed by atoms with Gasteiger partial charge in [-0.25, -0.2) is 0 Å². The lowest BCUT2D eigenvalue weighted by molar-refractivity contribution is 0.0711. The monoisotopic (exact) mass is 225 g/mol. The van der Waals surface area contributed by atoms with Crippen molar-refractivity contribution in [2.75, 3.05) is 6.61 Å². The van der Waals surface area contributed by atoms with E-state index in [2.05, 4.69) is 26.1 Å². The number of hydrogen-bond acceptors (Lipinski definition) is 2. The topological polar surface area (TPSA) is 21.3 Å². The smallest absolute Gasteiger partial charge is 0.0726 e. The Morgan fingerprint density at radius 1 is 1.19 bits per heavy atom. The summed E-state index contributed by atoms with van der Waals surface area (Å²) in [7, 11) is 0. The van der Waals surface area contributed by atoms with Crippen LogP contribution >= 0.6 is 0 Å². The van der Waals surface area contributed by atoms with Gasteiger partial charge in [-0.05, 0) is 44.4 Å². The van der Waals surface area contributed by atoms with E-state index >= 15 is 0 Å². The van der Waals surface area contributed by atoms with Crippen LogP contribution < -0.4 is 5.32 Å². The second-order valence-corrected chi connectivity index (χ2v) is 6.01. The molecule has 5 atom stereocenters. The summed E-state index contributed by atoms with van der Waals surface area (Å²) in [4.78, 5) is 0. The Kier molecular flexibility index (Phi) is 4.26. The minimum atomic E-state index is 0.462. The van der Waals surface area contributed by atoms with Crippen LogP contribution in [0.2, 0.25) is 0 Å². The van der Waals surface area contributed by atoms with Gasteiger partial charge < -0.3 is 10.1 Å². The molecule has 0 radical (unpaired) electrons. The standard InChI is InChI=1S/C14H27NO/c1-10-6-7-11(2)13(9-10)15-12(3)14-5-4-8-16-14/h10-15H,4-9H2,1-3H3. The van der Waals surface area contributed by atoms with Crippen molar-refractivity contribution >= 4 is 0 Å². The van der Waals surface area contributed by atoms with E-state index < -0.39 is 0 Å². The molecule has 1 aliphatic carbocycles. The van der Waals surface area contributed by atoms with Gasteiger partial charge in [0.25, 0.3) is 0 Å². The summed E-state index contributed by atoms with van der Waals surface area (Å²) in [6, 6.07) is 1.24. The van der Waals surface area contributed by atoms with Crippen LogP contribution in [-0.2, 0) is 4.74 Å². The maximum Gasteiger partial charge on any atom is 0.0726 e. The van der Waals surface area contributed by atoms with E-state index in [1.807, 2.05) is 0 Å². The maximum atomic E-state index is 5.76. The summed E-state index contributed by atoms with van der Waals surface area (Å²) in [5.74, 6) is 1.73. The van der Waals surface area contributed by atoms with Crippen LogP contribution in [0.5, 0.6) is 0 Å². The Balaban J connectivity index is 1.82. The average Bonchev–Trinajstić information content (AvgIpc) is 2.76. The largest absolute Gasteiger partial charge is 0.377 e. The zero-order valence-electron chi connectivity index (χ0n) is 11.0. The molecular formula is C14H27NO. The molecule has 16 heavy (non-hydrogen) atoms. The number of hydrogen-bond donors (Lipinski definition) is 1. The second-order valence-electron chi connectivity index (χ2n) is 6.01. The van der Waals surface area contributed by atoms with Gasteiger partial charge in [0.2, 0.25) is 0 Å². The molecule has 0 aromatic heterocycles. The van der Waals surface area contributed by atoms with Crippen molar-refractivity contribution in [1.82, 2.24) is 5.32 Å². The van der Waals surface area contributed by atoms with E-state index in [0.29, 0.717) is 18.2 Å². The molecule has 0 spiro atoms. The first-order valence-electron chi connectivity index (χ1n) is 7.04. The van der Waals surface area contributed by atoms with E-state index in [1.54, 1.807) is 0 Å². The predicted molar refractivity (Wildman–Crippen MR) is 67.5 cm³/mol. The van der Waals surface area contributed by atoms with Crippen molar-refractivity contribution < 1.29 is 4.74 Å². The fraction of sp³-hybridized carbons (Fsp3) is 1.00. The summed E-state index contributed by atoms with van der Waals surface area (Å²) < 4.78 is 5.76. The molecule has 2 fully saturated rings. The van der Waals surface area contributed by atoms with Crippen LogP contribution in [0.3, 0.4) is 0 Å². The molecule has 1 aliphatic heterocycles. The number of rotatable bonds is 3. The quantitative estimate of drug-likeness (QED) is 0.797. The second kappa shape index (κ2) is 5.50. The van der Waals surface area contributed by atoms with Crippen LogP contribution in [0, 0.1) is 11.8 Å². The molecule has 0 aromatic carbocycles. The maximum absolute atomic E-state index is 5.76. The first kappa shape index (κ1) is 12.4. The predicted octanol–water partition coefficient (Wildman–Crippen LogP) is 2.97. The van der Waals surface area contributed by atoms with Crippen LogP contribution in [0.15, 0.2) is 0 Å². The Bertz CT molecular complexity index is 213. The van der Waals surface area contributed by atoms with Crippen molar-refractivity contribution in [3.63, 3.8) is 0 Å². The molecule has 5 unspecified atom stereocenters. The molecule has 0 amide bonds. The fourth-order valence-corrected chi connectivity index (χ4v) is 3.21. The summed E-state index contributed by atoms with van der Waals surface area (Å²) in [5.41, 5.74) is 0. The minimum absolute atomic E-state index is 0.462. The molecule has 2 aliphatic rings. The molecule has 2 rings (SSSR count). The lowest BCUT2D eigenvalue weighted by Crippen LogP contribution is -2.48. The molecular weight excluding hydrogens is 198 g/mol. The Morgan fingerprint density at radius 2 is 2.00 bits per heavy atom. The third kappa shape index (κ3) is 2.98. The van der Waals surface area contributed by atoms with Gasteiger partial charge in [0.1, 0.15) is 0 Å². The zero-order valence-corrected chi connectivity index (χ0v) is 11.0. The van der Waals surface area contributed by atoms with E-state index in [4.69, 9.17) is 4.74 Å². The molecule has 1 N–H and O–H groups in total. The third-order valence-corrected chi connectivity index (χ3v) is 4.46. The lowest BCUT2D eigenvalue weighted by Gasteiger charge is -2.36. The first-order chi connectivity index (χ1) is 7.66. The van der Waals surface area contributed by atoms with Gasteiger partial charge in [-0.15, -0.1) is 0 Å². The van der Waals surface area contributed by atoms with E-state index in [-0.39, 0.29) is 0 Å². The molecule has 1 saturated carbocycles. The molecule has 1 saturated heterocycles. The number of ether oxygens (including phenoxy) is 1. The highest BCUT2D eigenvalue weighted by Crippen LogP contribution is 2.29. The van der Waals surface area contributed by atoms with E-state index in [9.17, 15) is 0 Å². The van der Waals surface area contributed by atoms with Gasteiger partial charge in [-0.3, -0.25) is 0 Å². The van der Waals surface area contributed by atoms with Crippen molar-refractivity contribution in [2.24, 2.45) is 11.8 Å². The van der Waals surface area contributed by atoms with Crippen LogP contribution in [0.1, 0.15) is 52.9 Å². The lowest BCUT2D eigenvalue weighted by atomic mass is 9.79. The van der Waals surface area contributed by atoms with Gasteiger partial charge in [0, 0.05) is 18.7 Å². The van der Waals surface area contributed by atoms with Gasteiger partial charge in [0.15, 0.2) is 0 Å². The van der Waals surface area contributed by atoms with Gasteiger partial charge in [-0.1, -0.05) is 20.3 Å². The molecule has 0 aromatic rings. The normalized spacial score (nSPS) is 42.2. The molecule has 2 nitrogen and oxygen atoms in total. The van der Waals surface area contributed by atoms with Crippen molar-refractivity contribution in [3.8, 4) is 0 Å². The average molecular weight is 225 g/mol. The third-order valence-electron chi connectivity index (χ3n) is 4.46. The highest BCUT2D eigenvalue weighted by atomic mass is 16.5. The van der Waals surface area contributed by atoms with Crippen molar-refractivity contribution in [1.29, 1.82) is 0 Å². The Morgan fingerprint density at radius 3 is 2.69 bits per heavy atom. The first-order valence-corrected chi connectivity index (χ1v) is 7.04. The van der Waals surface area contributed by atoms with Crippen LogP contribution in [0.4, 0.5) is 0 Å². The highest BCUT2D eigenvalue weighted by Gasteiger charge is 2.29. The zero-order chi connectivity index (χ0) is 11.5. The summed E-state index contributed by atoms with van der Waals surface area (Å²) in [6.45, 7) is 8.04. The molecule has 2 heteroatoms. The SMILES string of the molecule is CC1CCC(C)C(NC(C)C2CCCO2)C1. The van der Waals surface area contributed by atoms with Gasteiger partial charge >= 0.3 is 0 Å². The van der Waals surface area contributed by atoms with Gasteiger partial charge in [0.05, 0.1) is 6.10 Å². The van der Waals surface area contributed by atoms with Crippen LogP contribution in [-0.4, -0.2) is 24.8 Å². The summed E-state index contributed by atoms with van der Waals surface area (Å²) in [5, 5.41) is 3.82. The molecule has 0 bridgehead atoms. The Hall–Kier alpha value is -0.0800. The number of nitrogens with one attached hydrogen (secondary N) is 1. The fourth-order valence-electron chi connectivity index (χ4n) is 3.21. The molecule has 94 valence electrons. The Labute approximate surface area is 100 Å². The van der Waals surface area contributed by atoms with Crippen LogP contribution in [0.25, 0.3) is 0 Å². The van der Waals surface area contributed by atoms with E-state index in [1.165, 1.54) is 32.1 Å². The van der Waals surface area contributed by atoms with Gasteiger partial charge in [-0.2, -0.15) is 0 Å². The molecule has 1 heterocycles. The summed E-state index contributed by atoms with van der Waals surface area (Å²) in [6.07, 6.45) is 7.09. The summed E-state index contributed by atoms with van der Waals surface area (Å²) >= 11 is 0.